The first kappa shape index (κ1) is 42.4. The maximum atomic E-state index is 14.2. The lowest BCUT2D eigenvalue weighted by atomic mass is 9.92. The zero-order valence-corrected chi connectivity index (χ0v) is 34.9. The number of rotatable bonds is 12. The van der Waals surface area contributed by atoms with E-state index in [1.165, 1.54) is 17.0 Å². The van der Waals surface area contributed by atoms with E-state index in [0.29, 0.717) is 22.8 Å². The van der Waals surface area contributed by atoms with Crippen LogP contribution >= 0.6 is 0 Å². The molecule has 13 heteroatoms. The number of pyridine rings is 1. The quantitative estimate of drug-likeness (QED) is 0.111. The fraction of sp³-hybridized carbons (Fsp3) is 0.240. The van der Waals surface area contributed by atoms with Crippen molar-refractivity contribution in [3.8, 4) is 28.4 Å². The first-order valence-electron chi connectivity index (χ1n) is 20.7. The van der Waals surface area contributed by atoms with Crippen molar-refractivity contribution in [2.45, 2.75) is 71.0 Å². The van der Waals surface area contributed by atoms with E-state index in [4.69, 9.17) is 14.2 Å². The van der Waals surface area contributed by atoms with Gasteiger partial charge >= 0.3 is 12.0 Å². The maximum Gasteiger partial charge on any atom is 0.326 e. The van der Waals surface area contributed by atoms with Gasteiger partial charge < -0.3 is 34.9 Å². The molecule has 5 aromatic carbocycles. The Bertz CT molecular complexity index is 2620. The Morgan fingerprint density at radius 1 is 0.857 bits per heavy atom. The molecule has 4 unspecified atom stereocenters. The SMILES string of the molecule is Cc1nccc(-c2ccc(CC(NC(=O)C3Cc4cc5c(cc4CN3C(=O)NC(C)c3ccccc3)OC(c3ccc(OCc4cc(F)cc(F)c4)cc3)CO5)C(=O)O)cc2)c1C. The molecule has 0 fully saturated rings. The molecule has 2 aliphatic rings. The third kappa shape index (κ3) is 9.78. The fourth-order valence-electron chi connectivity index (χ4n) is 7.97. The highest BCUT2D eigenvalue weighted by Gasteiger charge is 2.38. The molecule has 0 saturated heterocycles. The van der Waals surface area contributed by atoms with Crippen molar-refractivity contribution in [1.82, 2.24) is 20.5 Å². The van der Waals surface area contributed by atoms with Crippen molar-refractivity contribution in [1.29, 1.82) is 0 Å². The number of aryl methyl sites for hydroxylation is 1. The van der Waals surface area contributed by atoms with Gasteiger partial charge in [0.25, 0.3) is 0 Å². The van der Waals surface area contributed by atoms with Crippen molar-refractivity contribution in [3.63, 3.8) is 0 Å². The van der Waals surface area contributed by atoms with Gasteiger partial charge in [-0.05, 0) is 113 Å². The lowest BCUT2D eigenvalue weighted by Gasteiger charge is -2.38. The number of carboxylic acid groups (broad SMARTS) is 1. The zero-order chi connectivity index (χ0) is 44.2. The van der Waals surface area contributed by atoms with Gasteiger partial charge in [0.2, 0.25) is 5.91 Å². The summed E-state index contributed by atoms with van der Waals surface area (Å²) in [6.45, 7) is 6.03. The number of amides is 3. The van der Waals surface area contributed by atoms with Crippen LogP contribution in [-0.2, 0) is 35.6 Å². The predicted octanol–water partition coefficient (Wildman–Crippen LogP) is 8.74. The number of carbonyl (C=O) groups is 3. The summed E-state index contributed by atoms with van der Waals surface area (Å²) in [5, 5.41) is 16.1. The van der Waals surface area contributed by atoms with Crippen LogP contribution in [0.4, 0.5) is 13.6 Å². The highest BCUT2D eigenvalue weighted by atomic mass is 19.1. The molecule has 3 N–H and O–H groups in total. The van der Waals surface area contributed by atoms with Crippen molar-refractivity contribution < 1.29 is 42.5 Å². The molecule has 0 bridgehead atoms. The van der Waals surface area contributed by atoms with Crippen LogP contribution in [0.3, 0.4) is 0 Å². The molecule has 8 rings (SSSR count). The van der Waals surface area contributed by atoms with Gasteiger partial charge in [0.1, 0.15) is 42.7 Å². The Morgan fingerprint density at radius 3 is 2.29 bits per heavy atom. The molecular weight excluding hydrogens is 807 g/mol. The number of hydrogen-bond donors (Lipinski definition) is 3. The molecule has 2 aliphatic heterocycles. The van der Waals surface area contributed by atoms with E-state index in [9.17, 15) is 28.3 Å². The second-order valence-electron chi connectivity index (χ2n) is 15.9. The highest BCUT2D eigenvalue weighted by Crippen LogP contribution is 2.41. The average molecular weight is 853 g/mol. The topological polar surface area (TPSA) is 139 Å². The minimum atomic E-state index is -1.27. The zero-order valence-electron chi connectivity index (χ0n) is 34.9. The Morgan fingerprint density at radius 2 is 1.57 bits per heavy atom. The monoisotopic (exact) mass is 852 g/mol. The van der Waals surface area contributed by atoms with Crippen molar-refractivity contribution >= 4 is 17.9 Å². The first-order valence-corrected chi connectivity index (χ1v) is 20.7. The van der Waals surface area contributed by atoms with E-state index in [2.05, 4.69) is 15.6 Å². The smallest absolute Gasteiger partial charge is 0.326 e. The van der Waals surface area contributed by atoms with Crippen LogP contribution in [0.5, 0.6) is 17.2 Å². The van der Waals surface area contributed by atoms with Crippen LogP contribution in [0.25, 0.3) is 11.1 Å². The van der Waals surface area contributed by atoms with Gasteiger partial charge in [-0.1, -0.05) is 66.7 Å². The molecule has 0 radical (unpaired) electrons. The average Bonchev–Trinajstić information content (AvgIpc) is 3.28. The van der Waals surface area contributed by atoms with Crippen LogP contribution in [-0.4, -0.2) is 51.6 Å². The number of fused-ring (bicyclic) bond motifs is 2. The van der Waals surface area contributed by atoms with E-state index in [0.717, 1.165) is 56.3 Å². The summed E-state index contributed by atoms with van der Waals surface area (Å²) in [6.07, 6.45) is 1.41. The number of urea groups is 1. The predicted molar refractivity (Wildman–Crippen MR) is 231 cm³/mol. The lowest BCUT2D eigenvalue weighted by Crippen LogP contribution is -2.57. The minimum Gasteiger partial charge on any atom is -0.489 e. The molecule has 3 amide bonds. The largest absolute Gasteiger partial charge is 0.489 e. The number of aromatic nitrogens is 1. The Balaban J connectivity index is 0.988. The van der Waals surface area contributed by atoms with Crippen LogP contribution in [0, 0.1) is 25.5 Å². The molecule has 0 spiro atoms. The van der Waals surface area contributed by atoms with E-state index in [-0.39, 0.29) is 38.6 Å². The van der Waals surface area contributed by atoms with E-state index < -0.39 is 47.7 Å². The van der Waals surface area contributed by atoms with Crippen molar-refractivity contribution in [2.24, 2.45) is 0 Å². The van der Waals surface area contributed by atoms with Gasteiger partial charge in [-0.25, -0.2) is 18.4 Å². The Labute approximate surface area is 363 Å². The van der Waals surface area contributed by atoms with Crippen LogP contribution < -0.4 is 24.8 Å². The molecule has 6 aromatic rings. The second-order valence-corrected chi connectivity index (χ2v) is 15.9. The fourth-order valence-corrected chi connectivity index (χ4v) is 7.97. The van der Waals surface area contributed by atoms with Gasteiger partial charge in [0.05, 0.1) is 6.04 Å². The summed E-state index contributed by atoms with van der Waals surface area (Å²) < 4.78 is 45.6. The summed E-state index contributed by atoms with van der Waals surface area (Å²) in [7, 11) is 0. The molecular formula is C50H46F2N4O7. The van der Waals surface area contributed by atoms with E-state index >= 15 is 0 Å². The number of nitrogens with one attached hydrogen (secondary N) is 2. The number of aliphatic carboxylic acids is 1. The van der Waals surface area contributed by atoms with E-state index in [1.807, 2.05) is 106 Å². The van der Waals surface area contributed by atoms with Crippen LogP contribution in [0.15, 0.2) is 121 Å². The number of benzene rings is 5. The summed E-state index contributed by atoms with van der Waals surface area (Å²) >= 11 is 0. The lowest BCUT2D eigenvalue weighted by molar-refractivity contribution is -0.142. The van der Waals surface area contributed by atoms with Crippen LogP contribution in [0.2, 0.25) is 0 Å². The van der Waals surface area contributed by atoms with E-state index in [1.54, 1.807) is 18.3 Å². The molecule has 63 heavy (non-hydrogen) atoms. The number of halogens is 2. The highest BCUT2D eigenvalue weighted by molar-refractivity contribution is 5.91. The standard InChI is InChI=1S/C50H46F2N4O7/c1-29-30(2)53-18-17-42(29)35-11-9-32(10-12-35)21-43(49(58)59)55-48(57)44-22-37-23-45-46(24-38(37)26-56(44)50(60)54-31(3)34-7-5-4-6-8-34)63-47(28-62-45)36-13-15-41(16-14-36)61-27-33-19-39(51)25-40(52)20-33/h4-20,23-25,31,43-44,47H,21-22,26-28H2,1-3H3,(H,54,60)(H,55,57)(H,58,59). The second kappa shape index (κ2) is 18.4. The summed E-state index contributed by atoms with van der Waals surface area (Å²) in [4.78, 5) is 46.8. The molecule has 0 aliphatic carbocycles. The van der Waals surface area contributed by atoms with Gasteiger partial charge in [-0.3, -0.25) is 9.78 Å². The van der Waals surface area contributed by atoms with Gasteiger partial charge in [-0.15, -0.1) is 0 Å². The number of ether oxygens (including phenoxy) is 3. The number of carboxylic acids is 1. The molecule has 3 heterocycles. The minimum absolute atomic E-state index is 0.0134. The number of nitrogens with zero attached hydrogens (tertiary/aromatic N) is 2. The summed E-state index contributed by atoms with van der Waals surface area (Å²) in [5.74, 6) is -1.70. The normalized spacial score (nSPS) is 16.3. The number of hydrogen-bond acceptors (Lipinski definition) is 7. The third-order valence-electron chi connectivity index (χ3n) is 11.6. The number of carbonyl (C=O) groups excluding carboxylic acids is 2. The molecule has 322 valence electrons. The van der Waals surface area contributed by atoms with Gasteiger partial charge in [0, 0.05) is 37.3 Å². The van der Waals surface area contributed by atoms with Gasteiger partial charge in [-0.2, -0.15) is 0 Å². The molecule has 11 nitrogen and oxygen atoms in total. The Kier molecular flexibility index (Phi) is 12.4. The Hall–Kier alpha value is -7.28. The maximum absolute atomic E-state index is 14.2. The van der Waals surface area contributed by atoms with Gasteiger partial charge in [0.15, 0.2) is 17.6 Å². The van der Waals surface area contributed by atoms with Crippen molar-refractivity contribution in [3.05, 3.63) is 178 Å². The molecule has 0 saturated carbocycles. The summed E-state index contributed by atoms with van der Waals surface area (Å²) in [5.41, 5.74) is 8.26. The van der Waals surface area contributed by atoms with Crippen LogP contribution in [0.1, 0.15) is 63.7 Å². The third-order valence-corrected chi connectivity index (χ3v) is 11.6. The first-order chi connectivity index (χ1) is 30.4. The van der Waals surface area contributed by atoms with Crippen molar-refractivity contribution in [2.75, 3.05) is 6.61 Å². The summed E-state index contributed by atoms with van der Waals surface area (Å²) in [6, 6.07) is 29.8. The molecule has 1 aromatic heterocycles. The molecule has 4 atom stereocenters.